The number of carbonyl (C=O) groups is 2. The number of halogens is 1. The van der Waals surface area contributed by atoms with E-state index in [1.165, 1.54) is 0 Å². The van der Waals surface area contributed by atoms with Gasteiger partial charge in [-0.2, -0.15) is 0 Å². The van der Waals surface area contributed by atoms with Crippen LogP contribution in [0.25, 0.3) is 0 Å². The first-order chi connectivity index (χ1) is 12.3. The van der Waals surface area contributed by atoms with Crippen LogP contribution in [-0.4, -0.2) is 11.9 Å². The van der Waals surface area contributed by atoms with E-state index < -0.39 is 6.04 Å². The molecule has 1 aliphatic heterocycles. The van der Waals surface area contributed by atoms with Crippen LogP contribution in [0.1, 0.15) is 29.7 Å². The number of nitrogens with one attached hydrogen (secondary N) is 3. The van der Waals surface area contributed by atoms with Crippen LogP contribution >= 0.6 is 15.9 Å². The summed E-state index contributed by atoms with van der Waals surface area (Å²) in [6.45, 7) is 5.70. The molecule has 6 heteroatoms. The Morgan fingerprint density at radius 1 is 1.08 bits per heavy atom. The maximum absolute atomic E-state index is 13.0. The van der Waals surface area contributed by atoms with Crippen molar-refractivity contribution in [3.05, 3.63) is 74.9 Å². The third kappa shape index (κ3) is 3.80. The molecule has 0 spiro atoms. The molecular formula is C20H20BrN3O2. The predicted molar refractivity (Wildman–Crippen MR) is 106 cm³/mol. The number of hydrogen-bond donors (Lipinski definition) is 3. The lowest BCUT2D eigenvalue weighted by molar-refractivity contribution is -0.113. The Hall–Kier alpha value is -2.60. The molecule has 0 unspecified atom stereocenters. The molecule has 2 aromatic rings. The molecule has 0 aliphatic carbocycles. The number of rotatable bonds is 3. The maximum atomic E-state index is 13.0. The molecule has 0 saturated heterocycles. The van der Waals surface area contributed by atoms with Crippen molar-refractivity contribution in [3.8, 4) is 0 Å². The molecule has 0 saturated carbocycles. The lowest BCUT2D eigenvalue weighted by Gasteiger charge is -2.29. The highest BCUT2D eigenvalue weighted by atomic mass is 79.9. The zero-order valence-corrected chi connectivity index (χ0v) is 16.4. The minimum Gasteiger partial charge on any atom is -0.327 e. The number of urea groups is 1. The number of benzene rings is 2. The number of aryl methyl sites for hydroxylation is 2. The molecule has 0 radical (unpaired) electrons. The van der Waals surface area contributed by atoms with Gasteiger partial charge in [0.1, 0.15) is 0 Å². The van der Waals surface area contributed by atoms with Crippen molar-refractivity contribution in [2.24, 2.45) is 0 Å². The van der Waals surface area contributed by atoms with Crippen LogP contribution in [-0.2, 0) is 4.79 Å². The molecule has 5 nitrogen and oxygen atoms in total. The second-order valence-corrected chi connectivity index (χ2v) is 7.31. The molecule has 1 atom stereocenters. The van der Waals surface area contributed by atoms with Crippen LogP contribution in [0.4, 0.5) is 10.5 Å². The van der Waals surface area contributed by atoms with Gasteiger partial charge in [0.05, 0.1) is 11.6 Å². The number of amides is 3. The van der Waals surface area contributed by atoms with Gasteiger partial charge in [-0.25, -0.2) is 4.79 Å². The predicted octanol–water partition coefficient (Wildman–Crippen LogP) is 4.33. The van der Waals surface area contributed by atoms with Crippen LogP contribution in [0.2, 0.25) is 0 Å². The molecule has 1 aliphatic rings. The Bertz CT molecular complexity index is 904. The number of anilines is 1. The fraction of sp³-hybridized carbons (Fsp3) is 0.200. The van der Waals surface area contributed by atoms with Gasteiger partial charge in [-0.15, -0.1) is 0 Å². The third-order valence-electron chi connectivity index (χ3n) is 4.35. The highest BCUT2D eigenvalue weighted by Crippen LogP contribution is 2.29. The van der Waals surface area contributed by atoms with Crippen LogP contribution in [0.3, 0.4) is 0 Å². The van der Waals surface area contributed by atoms with Gasteiger partial charge in [0, 0.05) is 15.9 Å². The Labute approximate surface area is 161 Å². The number of allylic oxidation sites excluding steroid dienone is 1. The van der Waals surface area contributed by atoms with Crippen LogP contribution in [0.15, 0.2) is 58.2 Å². The normalized spacial score (nSPS) is 16.8. The average Bonchev–Trinajstić information content (AvgIpc) is 2.57. The first-order valence-corrected chi connectivity index (χ1v) is 9.07. The van der Waals surface area contributed by atoms with Crippen molar-refractivity contribution < 1.29 is 9.59 Å². The van der Waals surface area contributed by atoms with E-state index in [0.717, 1.165) is 26.9 Å². The van der Waals surface area contributed by atoms with Gasteiger partial charge in [-0.05, 0) is 50.1 Å². The molecule has 134 valence electrons. The second kappa shape index (κ2) is 7.33. The van der Waals surface area contributed by atoms with Crippen molar-refractivity contribution in [2.75, 3.05) is 5.32 Å². The van der Waals surface area contributed by atoms with Gasteiger partial charge in [-0.3, -0.25) is 4.79 Å². The zero-order chi connectivity index (χ0) is 18.8. The second-order valence-electron chi connectivity index (χ2n) is 6.39. The minimum atomic E-state index is -0.511. The Kier molecular flexibility index (Phi) is 5.13. The molecule has 3 rings (SSSR count). The largest absolute Gasteiger partial charge is 0.327 e. The topological polar surface area (TPSA) is 70.2 Å². The Morgan fingerprint density at radius 2 is 1.77 bits per heavy atom. The molecule has 3 amide bonds. The van der Waals surface area contributed by atoms with Gasteiger partial charge in [0.2, 0.25) is 0 Å². The molecule has 1 heterocycles. The molecule has 0 aromatic heterocycles. The standard InChI is InChI=1S/C20H20BrN3O2/c1-11-4-9-16(12(2)10-11)23-19(25)17-13(3)22-20(26)24-18(17)14-5-7-15(21)8-6-14/h4-10,18H,1-3H3,(H,23,25)(H2,22,24,26)/t18-/m0/s1. The van der Waals surface area contributed by atoms with Crippen LogP contribution in [0, 0.1) is 13.8 Å². The highest BCUT2D eigenvalue weighted by molar-refractivity contribution is 9.10. The lowest BCUT2D eigenvalue weighted by atomic mass is 9.94. The van der Waals surface area contributed by atoms with E-state index in [1.54, 1.807) is 6.92 Å². The van der Waals surface area contributed by atoms with E-state index in [9.17, 15) is 9.59 Å². The average molecular weight is 414 g/mol. The molecule has 3 N–H and O–H groups in total. The van der Waals surface area contributed by atoms with Gasteiger partial charge >= 0.3 is 6.03 Å². The summed E-state index contributed by atoms with van der Waals surface area (Å²) in [6.07, 6.45) is 0. The summed E-state index contributed by atoms with van der Waals surface area (Å²) in [7, 11) is 0. The van der Waals surface area contributed by atoms with E-state index in [-0.39, 0.29) is 11.9 Å². The fourth-order valence-corrected chi connectivity index (χ4v) is 3.31. The highest BCUT2D eigenvalue weighted by Gasteiger charge is 2.31. The Balaban J connectivity index is 1.95. The van der Waals surface area contributed by atoms with Gasteiger partial charge in [0.15, 0.2) is 0 Å². The smallest absolute Gasteiger partial charge is 0.319 e. The monoisotopic (exact) mass is 413 g/mol. The van der Waals surface area contributed by atoms with Crippen molar-refractivity contribution in [1.82, 2.24) is 10.6 Å². The van der Waals surface area contributed by atoms with Crippen molar-refractivity contribution >= 4 is 33.6 Å². The molecule has 0 fully saturated rings. The first-order valence-electron chi connectivity index (χ1n) is 8.27. The molecular weight excluding hydrogens is 394 g/mol. The zero-order valence-electron chi connectivity index (χ0n) is 14.8. The summed E-state index contributed by atoms with van der Waals surface area (Å²) in [4.78, 5) is 24.9. The van der Waals surface area contributed by atoms with Gasteiger partial charge in [0.25, 0.3) is 5.91 Å². The van der Waals surface area contributed by atoms with E-state index in [4.69, 9.17) is 0 Å². The van der Waals surface area contributed by atoms with Crippen molar-refractivity contribution in [1.29, 1.82) is 0 Å². The maximum Gasteiger partial charge on any atom is 0.319 e. The van der Waals surface area contributed by atoms with Crippen molar-refractivity contribution in [2.45, 2.75) is 26.8 Å². The Morgan fingerprint density at radius 3 is 2.42 bits per heavy atom. The number of carbonyl (C=O) groups excluding carboxylic acids is 2. The summed E-state index contributed by atoms with van der Waals surface area (Å²) in [5, 5.41) is 8.50. The summed E-state index contributed by atoms with van der Waals surface area (Å²) in [6, 6.07) is 12.6. The van der Waals surface area contributed by atoms with E-state index in [2.05, 4.69) is 31.9 Å². The van der Waals surface area contributed by atoms with E-state index in [1.807, 2.05) is 56.3 Å². The van der Waals surface area contributed by atoms with Crippen LogP contribution in [0.5, 0.6) is 0 Å². The summed E-state index contributed by atoms with van der Waals surface area (Å²) in [5.74, 6) is -0.241. The minimum absolute atomic E-state index is 0.241. The van der Waals surface area contributed by atoms with Crippen molar-refractivity contribution in [3.63, 3.8) is 0 Å². The van der Waals surface area contributed by atoms with Gasteiger partial charge in [-0.1, -0.05) is 45.8 Å². The quantitative estimate of drug-likeness (QED) is 0.700. The fourth-order valence-electron chi connectivity index (χ4n) is 3.04. The summed E-state index contributed by atoms with van der Waals surface area (Å²) >= 11 is 3.40. The summed E-state index contributed by atoms with van der Waals surface area (Å²) < 4.78 is 0.934. The van der Waals surface area contributed by atoms with E-state index >= 15 is 0 Å². The molecule has 2 aromatic carbocycles. The van der Waals surface area contributed by atoms with Crippen LogP contribution < -0.4 is 16.0 Å². The lowest BCUT2D eigenvalue weighted by Crippen LogP contribution is -2.46. The third-order valence-corrected chi connectivity index (χ3v) is 4.88. The summed E-state index contributed by atoms with van der Waals surface area (Å²) in [5.41, 5.74) is 4.76. The van der Waals surface area contributed by atoms with E-state index in [0.29, 0.717) is 11.3 Å². The first kappa shape index (κ1) is 18.2. The SMILES string of the molecule is CC1=C(C(=O)Nc2ccc(C)cc2C)[C@H](c2ccc(Br)cc2)NC(=O)N1. The van der Waals surface area contributed by atoms with Gasteiger partial charge < -0.3 is 16.0 Å². The molecule has 0 bridgehead atoms. The number of hydrogen-bond acceptors (Lipinski definition) is 2. The molecule has 26 heavy (non-hydrogen) atoms.